The molecule has 0 amide bonds. The fourth-order valence-corrected chi connectivity index (χ4v) is 2.62. The molecule has 0 saturated heterocycles. The molecule has 0 radical (unpaired) electrons. The number of esters is 1. The maximum Gasteiger partial charge on any atom is 0.360 e. The Hall–Kier alpha value is -1.56. The first-order valence-corrected chi connectivity index (χ1v) is 7.27. The minimum atomic E-state index is -0.445. The van der Waals surface area contributed by atoms with Crippen LogP contribution in [0.3, 0.4) is 0 Å². The molecule has 1 fully saturated rings. The first kappa shape index (κ1) is 14.8. The van der Waals surface area contributed by atoms with E-state index in [4.69, 9.17) is 15.2 Å². The molecule has 2 N–H and O–H groups in total. The lowest BCUT2D eigenvalue weighted by molar-refractivity contribution is -0.0197. The second kappa shape index (κ2) is 6.26. The highest BCUT2D eigenvalue weighted by Crippen LogP contribution is 2.38. The third-order valence-electron chi connectivity index (χ3n) is 3.64. The zero-order valence-electron chi connectivity index (χ0n) is 12.4. The summed E-state index contributed by atoms with van der Waals surface area (Å²) in [6, 6.07) is 0.275. The SMILES string of the molecule is CCOC(=O)c1nc(CC)n(C2CC(OCC)C2)c1N. The monoisotopic (exact) mass is 281 g/mol. The summed E-state index contributed by atoms with van der Waals surface area (Å²) in [5, 5.41) is 0. The number of carbonyl (C=O) groups is 1. The molecule has 1 saturated carbocycles. The molecule has 0 bridgehead atoms. The maximum absolute atomic E-state index is 11.8. The van der Waals surface area contributed by atoms with Crippen LogP contribution in [0.4, 0.5) is 5.82 Å². The van der Waals surface area contributed by atoms with Gasteiger partial charge in [-0.25, -0.2) is 9.78 Å². The second-order valence-corrected chi connectivity index (χ2v) is 4.91. The fraction of sp³-hybridized carbons (Fsp3) is 0.714. The zero-order valence-corrected chi connectivity index (χ0v) is 12.4. The van der Waals surface area contributed by atoms with E-state index in [1.165, 1.54) is 0 Å². The van der Waals surface area contributed by atoms with Crippen molar-refractivity contribution in [3.8, 4) is 0 Å². The van der Waals surface area contributed by atoms with E-state index in [0.717, 1.165) is 31.7 Å². The second-order valence-electron chi connectivity index (χ2n) is 4.91. The largest absolute Gasteiger partial charge is 0.461 e. The minimum absolute atomic E-state index is 0.239. The summed E-state index contributed by atoms with van der Waals surface area (Å²) in [6.45, 7) is 6.82. The smallest absolute Gasteiger partial charge is 0.360 e. The van der Waals surface area contributed by atoms with Gasteiger partial charge in [0.2, 0.25) is 0 Å². The van der Waals surface area contributed by atoms with Crippen LogP contribution in [0.5, 0.6) is 0 Å². The van der Waals surface area contributed by atoms with Crippen LogP contribution >= 0.6 is 0 Å². The van der Waals surface area contributed by atoms with Crippen LogP contribution in [0.2, 0.25) is 0 Å². The van der Waals surface area contributed by atoms with Crippen molar-refractivity contribution in [2.45, 2.75) is 52.2 Å². The number of nitrogens with zero attached hydrogens (tertiary/aromatic N) is 2. The highest BCUT2D eigenvalue weighted by Gasteiger charge is 2.35. The number of anilines is 1. The Kier molecular flexibility index (Phi) is 4.65. The van der Waals surface area contributed by atoms with Gasteiger partial charge in [-0.05, 0) is 26.7 Å². The minimum Gasteiger partial charge on any atom is -0.461 e. The number of carbonyl (C=O) groups excluding carboxylic acids is 1. The van der Waals surface area contributed by atoms with Gasteiger partial charge in [0.15, 0.2) is 5.69 Å². The number of nitrogen functional groups attached to an aromatic ring is 1. The Bertz CT molecular complexity index is 478. The first-order chi connectivity index (χ1) is 9.62. The first-order valence-electron chi connectivity index (χ1n) is 7.27. The van der Waals surface area contributed by atoms with E-state index in [-0.39, 0.29) is 11.7 Å². The molecule has 2 rings (SSSR count). The van der Waals surface area contributed by atoms with Crippen LogP contribution in [0.25, 0.3) is 0 Å². The molecule has 1 aliphatic rings. The molecule has 0 atom stereocenters. The van der Waals surface area contributed by atoms with Crippen molar-refractivity contribution in [3.05, 3.63) is 11.5 Å². The molecule has 1 aromatic heterocycles. The standard InChI is InChI=1S/C14H23N3O3/c1-4-11-16-12(14(18)20-6-3)13(15)17(11)9-7-10(8-9)19-5-2/h9-10H,4-8,15H2,1-3H3. The number of ether oxygens (including phenoxy) is 2. The Morgan fingerprint density at radius 1 is 1.35 bits per heavy atom. The van der Waals surface area contributed by atoms with Gasteiger partial charge >= 0.3 is 5.97 Å². The highest BCUT2D eigenvalue weighted by atomic mass is 16.5. The maximum atomic E-state index is 11.8. The molecule has 1 aliphatic carbocycles. The number of aryl methyl sites for hydroxylation is 1. The number of imidazole rings is 1. The molecule has 1 aromatic rings. The zero-order chi connectivity index (χ0) is 14.7. The van der Waals surface area contributed by atoms with E-state index in [1.807, 2.05) is 18.4 Å². The summed E-state index contributed by atoms with van der Waals surface area (Å²) in [7, 11) is 0. The molecule has 0 aliphatic heterocycles. The number of rotatable bonds is 6. The number of hydrogen-bond donors (Lipinski definition) is 1. The third kappa shape index (κ3) is 2.65. The predicted octanol–water partition coefficient (Wildman–Crippen LogP) is 1.94. The molecule has 6 heteroatoms. The van der Waals surface area contributed by atoms with E-state index in [0.29, 0.717) is 18.5 Å². The molecule has 6 nitrogen and oxygen atoms in total. The predicted molar refractivity (Wildman–Crippen MR) is 75.7 cm³/mol. The van der Waals surface area contributed by atoms with E-state index in [9.17, 15) is 4.79 Å². The number of nitrogens with two attached hydrogens (primary N) is 1. The normalized spacial score (nSPS) is 21.6. The molecular weight excluding hydrogens is 258 g/mol. The van der Waals surface area contributed by atoms with Crippen molar-refractivity contribution in [3.63, 3.8) is 0 Å². The molecule has 0 aromatic carbocycles. The summed E-state index contributed by atoms with van der Waals surface area (Å²) < 4.78 is 12.5. The van der Waals surface area contributed by atoms with Crippen LogP contribution in [0.1, 0.15) is 56.0 Å². The van der Waals surface area contributed by atoms with Gasteiger partial charge in [0.05, 0.1) is 12.7 Å². The van der Waals surface area contributed by atoms with Gasteiger partial charge in [0.1, 0.15) is 11.6 Å². The summed E-state index contributed by atoms with van der Waals surface area (Å²) >= 11 is 0. The van der Waals surface area contributed by atoms with Gasteiger partial charge in [-0.15, -0.1) is 0 Å². The van der Waals surface area contributed by atoms with Crippen LogP contribution in [0, 0.1) is 0 Å². The quantitative estimate of drug-likeness (QED) is 0.806. The fourth-order valence-electron chi connectivity index (χ4n) is 2.62. The number of aromatic nitrogens is 2. The summed E-state index contributed by atoms with van der Waals surface area (Å²) in [4.78, 5) is 16.2. The average Bonchev–Trinajstić information content (AvgIpc) is 2.71. The van der Waals surface area contributed by atoms with Crippen molar-refractivity contribution in [1.29, 1.82) is 0 Å². The van der Waals surface area contributed by atoms with Crippen LogP contribution in [-0.2, 0) is 15.9 Å². The Morgan fingerprint density at radius 2 is 2.05 bits per heavy atom. The molecular formula is C14H23N3O3. The molecule has 0 spiro atoms. The van der Waals surface area contributed by atoms with Crippen molar-refractivity contribution >= 4 is 11.8 Å². The molecule has 0 unspecified atom stereocenters. The topological polar surface area (TPSA) is 79.4 Å². The van der Waals surface area contributed by atoms with Crippen LogP contribution in [-0.4, -0.2) is 34.8 Å². The van der Waals surface area contributed by atoms with Crippen LogP contribution < -0.4 is 5.73 Å². The van der Waals surface area contributed by atoms with E-state index in [2.05, 4.69) is 4.98 Å². The van der Waals surface area contributed by atoms with Gasteiger partial charge in [-0.2, -0.15) is 0 Å². The lowest BCUT2D eigenvalue weighted by Gasteiger charge is -2.37. The Labute approximate surface area is 119 Å². The lowest BCUT2D eigenvalue weighted by atomic mass is 9.88. The summed E-state index contributed by atoms with van der Waals surface area (Å²) in [5.74, 6) is 0.810. The van der Waals surface area contributed by atoms with Gasteiger partial charge in [0.25, 0.3) is 0 Å². The summed E-state index contributed by atoms with van der Waals surface area (Å²) in [5.41, 5.74) is 6.34. The van der Waals surface area contributed by atoms with Gasteiger partial charge < -0.3 is 19.8 Å². The van der Waals surface area contributed by atoms with Gasteiger partial charge in [-0.3, -0.25) is 0 Å². The van der Waals surface area contributed by atoms with Gasteiger partial charge in [-0.1, -0.05) is 6.92 Å². The average molecular weight is 281 g/mol. The Balaban J connectivity index is 2.18. The van der Waals surface area contributed by atoms with E-state index >= 15 is 0 Å². The highest BCUT2D eigenvalue weighted by molar-refractivity contribution is 5.92. The van der Waals surface area contributed by atoms with Crippen molar-refractivity contribution in [2.24, 2.45) is 0 Å². The summed E-state index contributed by atoms with van der Waals surface area (Å²) in [6.07, 6.45) is 2.87. The van der Waals surface area contributed by atoms with Gasteiger partial charge in [0, 0.05) is 19.1 Å². The molecule has 20 heavy (non-hydrogen) atoms. The third-order valence-corrected chi connectivity index (χ3v) is 3.64. The molecule has 112 valence electrons. The van der Waals surface area contributed by atoms with Crippen molar-refractivity contribution in [1.82, 2.24) is 9.55 Å². The van der Waals surface area contributed by atoms with Crippen LogP contribution in [0.15, 0.2) is 0 Å². The number of hydrogen-bond acceptors (Lipinski definition) is 5. The van der Waals surface area contributed by atoms with E-state index in [1.54, 1.807) is 6.92 Å². The van der Waals surface area contributed by atoms with Crippen molar-refractivity contribution < 1.29 is 14.3 Å². The Morgan fingerprint density at radius 3 is 2.60 bits per heavy atom. The molecule has 1 heterocycles. The van der Waals surface area contributed by atoms with Crippen molar-refractivity contribution in [2.75, 3.05) is 18.9 Å². The van der Waals surface area contributed by atoms with E-state index < -0.39 is 5.97 Å². The lowest BCUT2D eigenvalue weighted by Crippen LogP contribution is -2.34.